The molecule has 2 amide bonds. The van der Waals surface area contributed by atoms with Gasteiger partial charge in [-0.2, -0.15) is 0 Å². The minimum atomic E-state index is -0.365. The van der Waals surface area contributed by atoms with Gasteiger partial charge in [-0.25, -0.2) is 9.48 Å². The van der Waals surface area contributed by atoms with E-state index in [4.69, 9.17) is 4.74 Å². The number of alkyl carbamates (subject to hydrolysis) is 1. The van der Waals surface area contributed by atoms with Crippen LogP contribution in [0.2, 0.25) is 0 Å². The predicted octanol–water partition coefficient (Wildman–Crippen LogP) is 3.25. The topological polar surface area (TPSA) is 92.6 Å². The number of piperidine rings is 2. The minimum absolute atomic E-state index is 0.223. The Hall–Kier alpha value is -2.94. The Bertz CT molecular complexity index is 1030. The van der Waals surface area contributed by atoms with E-state index in [-0.39, 0.29) is 18.0 Å². The average Bonchev–Trinajstić information content (AvgIpc) is 3.35. The Morgan fingerprint density at radius 3 is 2.78 bits per heavy atom. The fourth-order valence-corrected chi connectivity index (χ4v) is 6.39. The molecule has 3 atom stereocenters. The molecule has 200 valence electrons. The predicted molar refractivity (Wildman–Crippen MR) is 140 cm³/mol. The quantitative estimate of drug-likeness (QED) is 0.670. The van der Waals surface area contributed by atoms with Gasteiger partial charge in [0.2, 0.25) is 5.91 Å². The minimum Gasteiger partial charge on any atom is -0.450 e. The first-order valence-electron chi connectivity index (χ1n) is 14.0. The van der Waals surface area contributed by atoms with E-state index in [0.29, 0.717) is 31.4 Å². The molecule has 0 aliphatic carbocycles. The van der Waals surface area contributed by atoms with Crippen LogP contribution in [-0.4, -0.2) is 75.6 Å². The molecule has 5 rings (SSSR count). The van der Waals surface area contributed by atoms with E-state index in [9.17, 15) is 9.59 Å². The van der Waals surface area contributed by atoms with Crippen molar-refractivity contribution in [3.8, 4) is 0 Å². The zero-order valence-electron chi connectivity index (χ0n) is 21.8. The highest BCUT2D eigenvalue weighted by Crippen LogP contribution is 2.36. The van der Waals surface area contributed by atoms with E-state index >= 15 is 0 Å². The van der Waals surface area contributed by atoms with Crippen molar-refractivity contribution in [1.82, 2.24) is 30.1 Å². The molecule has 9 heteroatoms. The van der Waals surface area contributed by atoms with Gasteiger partial charge in [-0.3, -0.25) is 9.69 Å². The highest BCUT2D eigenvalue weighted by molar-refractivity contribution is 5.76. The third-order valence-electron chi connectivity index (χ3n) is 8.08. The number of nitrogens with one attached hydrogen (secondary N) is 1. The second-order valence-electron chi connectivity index (χ2n) is 10.9. The van der Waals surface area contributed by atoms with Gasteiger partial charge in [0.25, 0.3) is 0 Å². The van der Waals surface area contributed by atoms with Gasteiger partial charge in [0, 0.05) is 51.7 Å². The number of carbonyl (C=O) groups excluding carboxylic acids is 2. The molecule has 4 heterocycles. The van der Waals surface area contributed by atoms with Crippen LogP contribution in [0.4, 0.5) is 4.79 Å². The Morgan fingerprint density at radius 2 is 1.89 bits per heavy atom. The van der Waals surface area contributed by atoms with Crippen molar-refractivity contribution in [3.05, 3.63) is 47.8 Å². The number of rotatable bonds is 2. The third kappa shape index (κ3) is 6.89. The summed E-state index contributed by atoms with van der Waals surface area (Å²) in [4.78, 5) is 30.4. The van der Waals surface area contributed by atoms with Crippen LogP contribution in [0, 0.1) is 11.8 Å². The number of hydrogen-bond acceptors (Lipinski definition) is 6. The third-order valence-corrected chi connectivity index (χ3v) is 8.08. The van der Waals surface area contributed by atoms with E-state index in [1.165, 1.54) is 12.0 Å². The van der Waals surface area contributed by atoms with Gasteiger partial charge < -0.3 is 15.0 Å². The summed E-state index contributed by atoms with van der Waals surface area (Å²) in [5.74, 6) is 1.27. The molecule has 0 radical (unpaired) electrons. The number of nitrogens with zero attached hydrogens (tertiary/aromatic N) is 5. The fourth-order valence-electron chi connectivity index (χ4n) is 6.39. The summed E-state index contributed by atoms with van der Waals surface area (Å²) in [6.45, 7) is 5.57. The SMILES string of the molecule is O=C1NCCCC2[C@H]3CC(CN(Cc4ccccc4)C3)CN2C(=O)CCCCn2nncc2CCCO1. The number of hydrogen-bond donors (Lipinski definition) is 1. The van der Waals surface area contributed by atoms with Crippen LogP contribution in [-0.2, 0) is 29.0 Å². The number of fused-ring (bicyclic) bond motifs is 5. The van der Waals surface area contributed by atoms with Crippen molar-refractivity contribution in [2.45, 2.75) is 70.5 Å². The fraction of sp³-hybridized carbons (Fsp3) is 0.643. The zero-order valence-corrected chi connectivity index (χ0v) is 21.8. The van der Waals surface area contributed by atoms with Crippen molar-refractivity contribution >= 4 is 12.0 Å². The maximum absolute atomic E-state index is 13.5. The van der Waals surface area contributed by atoms with Crippen molar-refractivity contribution in [1.29, 1.82) is 0 Å². The van der Waals surface area contributed by atoms with E-state index < -0.39 is 0 Å². The molecule has 1 aromatic heterocycles. The van der Waals surface area contributed by atoms with E-state index in [2.05, 4.69) is 55.8 Å². The molecule has 2 saturated heterocycles. The van der Waals surface area contributed by atoms with Crippen LogP contribution in [0.3, 0.4) is 0 Å². The number of carbonyl (C=O) groups is 2. The number of ether oxygens (including phenoxy) is 1. The molecular formula is C28H40N6O3. The van der Waals surface area contributed by atoms with Crippen molar-refractivity contribution in [3.63, 3.8) is 0 Å². The molecule has 2 fully saturated rings. The van der Waals surface area contributed by atoms with E-state index in [1.54, 1.807) is 6.20 Å². The van der Waals surface area contributed by atoms with Crippen LogP contribution in [0.1, 0.15) is 56.2 Å². The summed E-state index contributed by atoms with van der Waals surface area (Å²) in [5, 5.41) is 11.2. The first kappa shape index (κ1) is 25.7. The second kappa shape index (κ2) is 12.5. The molecule has 37 heavy (non-hydrogen) atoms. The molecule has 1 N–H and O–H groups in total. The number of likely N-dealkylation sites (tertiary alicyclic amines) is 1. The monoisotopic (exact) mass is 508 g/mol. The molecule has 0 saturated carbocycles. The normalized spacial score (nSPS) is 26.7. The van der Waals surface area contributed by atoms with Crippen molar-refractivity contribution in [2.75, 3.05) is 32.8 Å². The van der Waals surface area contributed by atoms with E-state index in [1.807, 2.05) is 4.68 Å². The lowest BCUT2D eigenvalue weighted by Gasteiger charge is -2.51. The highest BCUT2D eigenvalue weighted by Gasteiger charge is 2.42. The lowest BCUT2D eigenvalue weighted by atomic mass is 9.77. The summed E-state index contributed by atoms with van der Waals surface area (Å²) >= 11 is 0. The van der Waals surface area contributed by atoms with Gasteiger partial charge in [0.15, 0.2) is 0 Å². The first-order valence-corrected chi connectivity index (χ1v) is 14.0. The smallest absolute Gasteiger partial charge is 0.407 e. The summed E-state index contributed by atoms with van der Waals surface area (Å²) in [6.07, 6.45) is 8.18. The van der Waals surface area contributed by atoms with Crippen LogP contribution < -0.4 is 5.32 Å². The number of cyclic esters (lactones) is 1. The molecular weight excluding hydrogens is 468 g/mol. The Labute approximate surface area is 219 Å². The van der Waals surface area contributed by atoms with Crippen LogP contribution in [0.15, 0.2) is 36.5 Å². The van der Waals surface area contributed by atoms with Gasteiger partial charge in [0.05, 0.1) is 18.5 Å². The standard InChI is InChI=1S/C28H40N6O3/c35-27-12-4-5-14-34-25(17-30-31-34)10-7-15-37-28(36)29-13-6-11-26-24-16-23(20-33(26)27)19-32(21-24)18-22-8-2-1-3-9-22/h1-3,8-9,17,23-24,26H,4-7,10-16,18-21H2,(H,29,36)/t23?,24-,26?/m0/s1. The van der Waals surface area contributed by atoms with Crippen LogP contribution >= 0.6 is 0 Å². The zero-order chi connectivity index (χ0) is 25.5. The highest BCUT2D eigenvalue weighted by atomic mass is 16.5. The lowest BCUT2D eigenvalue weighted by Crippen LogP contribution is -2.59. The first-order chi connectivity index (χ1) is 18.2. The lowest BCUT2D eigenvalue weighted by molar-refractivity contribution is -0.141. The Morgan fingerprint density at radius 1 is 1.00 bits per heavy atom. The molecule has 0 spiro atoms. The van der Waals surface area contributed by atoms with E-state index in [0.717, 1.165) is 76.9 Å². The Kier molecular flexibility index (Phi) is 8.71. The molecule has 3 aliphatic rings. The number of benzene rings is 1. The molecule has 2 bridgehead atoms. The molecule has 1 aromatic carbocycles. The van der Waals surface area contributed by atoms with Crippen molar-refractivity contribution < 1.29 is 14.3 Å². The number of aromatic nitrogens is 3. The summed E-state index contributed by atoms with van der Waals surface area (Å²) in [7, 11) is 0. The Balaban J connectivity index is 1.25. The van der Waals surface area contributed by atoms with Crippen molar-refractivity contribution in [2.24, 2.45) is 11.8 Å². The maximum atomic E-state index is 13.5. The average molecular weight is 509 g/mol. The molecule has 9 nitrogen and oxygen atoms in total. The molecule has 2 unspecified atom stereocenters. The van der Waals surface area contributed by atoms with Gasteiger partial charge in [-0.05, 0) is 62.3 Å². The van der Waals surface area contributed by atoms with Gasteiger partial charge in [0.1, 0.15) is 0 Å². The number of amides is 2. The second-order valence-corrected chi connectivity index (χ2v) is 10.9. The summed E-state index contributed by atoms with van der Waals surface area (Å²) in [5.41, 5.74) is 2.39. The summed E-state index contributed by atoms with van der Waals surface area (Å²) in [6, 6.07) is 10.9. The summed E-state index contributed by atoms with van der Waals surface area (Å²) < 4.78 is 7.29. The van der Waals surface area contributed by atoms with Gasteiger partial charge in [-0.15, -0.1) is 5.10 Å². The largest absolute Gasteiger partial charge is 0.450 e. The number of aryl methyl sites for hydroxylation is 2. The van der Waals surface area contributed by atoms with Gasteiger partial charge >= 0.3 is 6.09 Å². The van der Waals surface area contributed by atoms with Crippen LogP contribution in [0.5, 0.6) is 0 Å². The van der Waals surface area contributed by atoms with Gasteiger partial charge in [-0.1, -0.05) is 35.5 Å². The molecule has 3 aliphatic heterocycles. The maximum Gasteiger partial charge on any atom is 0.407 e. The van der Waals surface area contributed by atoms with Crippen LogP contribution in [0.25, 0.3) is 0 Å². The molecule has 2 aromatic rings.